The molecule has 6 nitrogen and oxygen atoms in total. The summed E-state index contributed by atoms with van der Waals surface area (Å²) in [7, 11) is 0. The minimum Gasteiger partial charge on any atom is -0.486 e. The van der Waals surface area contributed by atoms with Crippen molar-refractivity contribution in [3.05, 3.63) is 89.8 Å². The van der Waals surface area contributed by atoms with Crippen LogP contribution in [0.2, 0.25) is 0 Å². The highest BCUT2D eigenvalue weighted by atomic mass is 19.1. The standard InChI is InChI=1S/C25H28FN3O3/c26-22-9-5-4-6-17(22)14-28-23-13-24(31)21(15-30)20(23)12-18-10-11-27-25(29-18)16-32-19-7-2-1-3-8-19/h1-11,20-21,23-24,28,30-31H,12-16H2/t20-,21-,23-,24-/m1/s1. The number of nitrogens with zero attached hydrogens (tertiary/aromatic N) is 2. The van der Waals surface area contributed by atoms with Crippen molar-refractivity contribution in [1.29, 1.82) is 0 Å². The van der Waals surface area contributed by atoms with Crippen LogP contribution in [0.1, 0.15) is 23.5 Å². The van der Waals surface area contributed by atoms with Crippen LogP contribution in [0.5, 0.6) is 5.75 Å². The number of hydrogen-bond donors (Lipinski definition) is 3. The van der Waals surface area contributed by atoms with E-state index in [1.807, 2.05) is 36.4 Å². The molecule has 32 heavy (non-hydrogen) atoms. The fourth-order valence-corrected chi connectivity index (χ4v) is 4.39. The molecule has 168 valence electrons. The van der Waals surface area contributed by atoms with Gasteiger partial charge in [-0.2, -0.15) is 0 Å². The van der Waals surface area contributed by atoms with E-state index < -0.39 is 6.10 Å². The fraction of sp³-hybridized carbons (Fsp3) is 0.360. The van der Waals surface area contributed by atoms with Gasteiger partial charge in [-0.05, 0) is 43.0 Å². The van der Waals surface area contributed by atoms with Crippen LogP contribution in [0.3, 0.4) is 0 Å². The van der Waals surface area contributed by atoms with Crippen LogP contribution in [-0.4, -0.2) is 38.9 Å². The van der Waals surface area contributed by atoms with Gasteiger partial charge in [-0.3, -0.25) is 0 Å². The highest BCUT2D eigenvalue weighted by Crippen LogP contribution is 2.35. The number of benzene rings is 2. The molecule has 1 aromatic heterocycles. The predicted molar refractivity (Wildman–Crippen MR) is 118 cm³/mol. The third-order valence-corrected chi connectivity index (χ3v) is 6.10. The van der Waals surface area contributed by atoms with E-state index in [9.17, 15) is 14.6 Å². The lowest BCUT2D eigenvalue weighted by molar-refractivity contribution is 0.0715. The molecule has 0 aliphatic heterocycles. The van der Waals surface area contributed by atoms with E-state index in [2.05, 4.69) is 15.3 Å². The summed E-state index contributed by atoms with van der Waals surface area (Å²) < 4.78 is 19.8. The van der Waals surface area contributed by atoms with E-state index in [-0.39, 0.29) is 36.9 Å². The van der Waals surface area contributed by atoms with Crippen LogP contribution < -0.4 is 10.1 Å². The highest BCUT2D eigenvalue weighted by molar-refractivity contribution is 5.21. The van der Waals surface area contributed by atoms with E-state index in [4.69, 9.17) is 4.74 Å². The summed E-state index contributed by atoms with van der Waals surface area (Å²) in [6.07, 6.45) is 2.15. The number of hydrogen-bond acceptors (Lipinski definition) is 6. The quantitative estimate of drug-likeness (QED) is 0.477. The second-order valence-corrected chi connectivity index (χ2v) is 8.16. The summed E-state index contributed by atoms with van der Waals surface area (Å²) in [5, 5.41) is 23.8. The Morgan fingerprint density at radius 1 is 1.03 bits per heavy atom. The molecule has 1 aliphatic rings. The van der Waals surface area contributed by atoms with Crippen LogP contribution in [0.25, 0.3) is 0 Å². The molecule has 1 heterocycles. The van der Waals surface area contributed by atoms with Crippen molar-refractivity contribution >= 4 is 0 Å². The van der Waals surface area contributed by atoms with E-state index in [0.29, 0.717) is 30.8 Å². The van der Waals surface area contributed by atoms with Gasteiger partial charge in [-0.25, -0.2) is 14.4 Å². The molecule has 0 saturated heterocycles. The van der Waals surface area contributed by atoms with Gasteiger partial charge in [-0.1, -0.05) is 36.4 Å². The molecule has 2 aromatic carbocycles. The number of aromatic nitrogens is 2. The summed E-state index contributed by atoms with van der Waals surface area (Å²) in [4.78, 5) is 8.92. The van der Waals surface area contributed by atoms with Gasteiger partial charge in [0.25, 0.3) is 0 Å². The number of para-hydroxylation sites is 1. The monoisotopic (exact) mass is 437 g/mol. The van der Waals surface area contributed by atoms with Crippen molar-refractivity contribution in [3.63, 3.8) is 0 Å². The summed E-state index contributed by atoms with van der Waals surface area (Å²) in [5.74, 6) is 0.749. The largest absolute Gasteiger partial charge is 0.486 e. The zero-order valence-electron chi connectivity index (χ0n) is 17.8. The molecular weight excluding hydrogens is 409 g/mol. The Bertz CT molecular complexity index is 1000. The minimum atomic E-state index is -0.620. The average molecular weight is 438 g/mol. The molecular formula is C25H28FN3O3. The number of aliphatic hydroxyl groups is 2. The molecule has 1 saturated carbocycles. The lowest BCUT2D eigenvalue weighted by Gasteiger charge is -2.25. The number of nitrogens with one attached hydrogen (secondary N) is 1. The van der Waals surface area contributed by atoms with E-state index in [1.54, 1.807) is 24.4 Å². The van der Waals surface area contributed by atoms with Crippen molar-refractivity contribution in [2.75, 3.05) is 6.61 Å². The lowest BCUT2D eigenvalue weighted by Crippen LogP contribution is -2.36. The Hall–Kier alpha value is -2.87. The molecule has 1 aliphatic carbocycles. The minimum absolute atomic E-state index is 0.0421. The second kappa shape index (κ2) is 10.6. The van der Waals surface area contributed by atoms with Crippen molar-refractivity contribution in [2.45, 2.75) is 38.1 Å². The van der Waals surface area contributed by atoms with E-state index in [1.165, 1.54) is 6.07 Å². The highest BCUT2D eigenvalue weighted by Gasteiger charge is 2.42. The number of aliphatic hydroxyl groups excluding tert-OH is 2. The van der Waals surface area contributed by atoms with Crippen molar-refractivity contribution in [1.82, 2.24) is 15.3 Å². The van der Waals surface area contributed by atoms with Crippen LogP contribution >= 0.6 is 0 Å². The zero-order chi connectivity index (χ0) is 22.3. The number of ether oxygens (including phenoxy) is 1. The SMILES string of the molecule is OC[C@@H]1[C@@H](Cc2ccnc(COc3ccccc3)n2)[C@H](NCc2ccccc2F)C[C@H]1O. The summed E-state index contributed by atoms with van der Waals surface area (Å²) in [5.41, 5.74) is 1.40. The van der Waals surface area contributed by atoms with Gasteiger partial charge in [0, 0.05) is 42.6 Å². The fourth-order valence-electron chi connectivity index (χ4n) is 4.39. The number of halogens is 1. The molecule has 0 spiro atoms. The van der Waals surface area contributed by atoms with Crippen molar-refractivity contribution in [3.8, 4) is 5.75 Å². The predicted octanol–water partition coefficient (Wildman–Crippen LogP) is 2.88. The maximum absolute atomic E-state index is 14.0. The maximum atomic E-state index is 14.0. The first-order valence-electron chi connectivity index (χ1n) is 10.9. The molecule has 0 bridgehead atoms. The van der Waals surface area contributed by atoms with E-state index >= 15 is 0 Å². The van der Waals surface area contributed by atoms with Crippen molar-refractivity contribution < 1.29 is 19.3 Å². The molecule has 0 unspecified atom stereocenters. The molecule has 0 radical (unpaired) electrons. The average Bonchev–Trinajstić information content (AvgIpc) is 3.12. The van der Waals surface area contributed by atoms with Gasteiger partial charge in [-0.15, -0.1) is 0 Å². The molecule has 3 aromatic rings. The van der Waals surface area contributed by atoms with Crippen molar-refractivity contribution in [2.24, 2.45) is 11.8 Å². The van der Waals surface area contributed by atoms with Gasteiger partial charge in [0.15, 0.2) is 5.82 Å². The van der Waals surface area contributed by atoms with Gasteiger partial charge in [0.05, 0.1) is 6.10 Å². The normalized spacial score (nSPS) is 22.7. The first-order chi connectivity index (χ1) is 15.6. The Balaban J connectivity index is 1.43. The Morgan fingerprint density at radius 2 is 1.81 bits per heavy atom. The molecule has 4 rings (SSSR count). The first-order valence-corrected chi connectivity index (χ1v) is 10.9. The molecule has 4 atom stereocenters. The maximum Gasteiger partial charge on any atom is 0.166 e. The Morgan fingerprint density at radius 3 is 2.59 bits per heavy atom. The third-order valence-electron chi connectivity index (χ3n) is 6.10. The zero-order valence-corrected chi connectivity index (χ0v) is 17.8. The summed E-state index contributed by atoms with van der Waals surface area (Å²) in [6, 6.07) is 17.9. The number of rotatable bonds is 9. The van der Waals surface area contributed by atoms with Gasteiger partial charge >= 0.3 is 0 Å². The first kappa shape index (κ1) is 22.3. The van der Waals surface area contributed by atoms with Crippen LogP contribution in [0, 0.1) is 17.7 Å². The van der Waals surface area contributed by atoms with Gasteiger partial charge in [0.1, 0.15) is 18.2 Å². The summed E-state index contributed by atoms with van der Waals surface area (Å²) in [6.45, 7) is 0.501. The molecule has 1 fully saturated rings. The van der Waals surface area contributed by atoms with Crippen LogP contribution in [0.15, 0.2) is 66.9 Å². The topological polar surface area (TPSA) is 87.5 Å². The van der Waals surface area contributed by atoms with Crippen LogP contribution in [-0.2, 0) is 19.6 Å². The Labute approximate surface area is 187 Å². The molecule has 0 amide bonds. The lowest BCUT2D eigenvalue weighted by atomic mass is 9.88. The second-order valence-electron chi connectivity index (χ2n) is 8.16. The smallest absolute Gasteiger partial charge is 0.166 e. The van der Waals surface area contributed by atoms with Gasteiger partial charge in [0.2, 0.25) is 0 Å². The molecule has 3 N–H and O–H groups in total. The molecule has 7 heteroatoms. The van der Waals surface area contributed by atoms with Crippen LogP contribution in [0.4, 0.5) is 4.39 Å². The Kier molecular flexibility index (Phi) is 7.42. The summed E-state index contributed by atoms with van der Waals surface area (Å²) >= 11 is 0. The van der Waals surface area contributed by atoms with E-state index in [0.717, 1.165) is 11.4 Å². The third kappa shape index (κ3) is 5.48. The van der Waals surface area contributed by atoms with Gasteiger partial charge < -0.3 is 20.3 Å².